The molecule has 4 aliphatic rings. The topological polar surface area (TPSA) is 355 Å². The van der Waals surface area contributed by atoms with Gasteiger partial charge in [0.15, 0.2) is 17.5 Å². The van der Waals surface area contributed by atoms with Gasteiger partial charge < -0.3 is 64.6 Å². The molecule has 0 spiro atoms. The number of ether oxygens (including phenoxy) is 2. The number of aromatic nitrogens is 12. The van der Waals surface area contributed by atoms with Gasteiger partial charge in [-0.05, 0) is 181 Å². The number of aromatic carboxylic acids is 2. The fourth-order valence-corrected chi connectivity index (χ4v) is 18.7. The summed E-state index contributed by atoms with van der Waals surface area (Å²) in [5.74, 6) is 3.73. The van der Waals surface area contributed by atoms with E-state index in [1.807, 2.05) is 164 Å². The van der Waals surface area contributed by atoms with Crippen LogP contribution in [0, 0.1) is 0 Å². The largest absolute Gasteiger partial charge is 1.00 e. The first-order valence-electron chi connectivity index (χ1n) is 49.0. The summed E-state index contributed by atoms with van der Waals surface area (Å²) in [5, 5.41) is 30.5. The maximum absolute atomic E-state index is 12.1. The maximum atomic E-state index is 12.1. The summed E-state index contributed by atoms with van der Waals surface area (Å²) < 4.78 is 25.7. The number of carboxylic acids is 2. The number of pyridine rings is 4. The summed E-state index contributed by atoms with van der Waals surface area (Å²) in [5.41, 5.74) is 17.9. The molecule has 24 rings (SSSR count). The van der Waals surface area contributed by atoms with E-state index in [1.54, 1.807) is 66.7 Å². The van der Waals surface area contributed by atoms with Crippen LogP contribution in [0.2, 0.25) is 0 Å². The number of piperidine rings is 1. The zero-order valence-corrected chi connectivity index (χ0v) is 86.1. The molecule has 20 aromatic rings. The summed E-state index contributed by atoms with van der Waals surface area (Å²) in [6.07, 6.45) is 3.97. The van der Waals surface area contributed by atoms with Crippen molar-refractivity contribution in [1.82, 2.24) is 59.8 Å². The molecular formula is C118H110BrFN19NaO10. The van der Waals surface area contributed by atoms with Crippen molar-refractivity contribution < 1.29 is 84.8 Å². The predicted molar refractivity (Wildman–Crippen MR) is 594 cm³/mol. The molecule has 0 saturated carbocycles. The summed E-state index contributed by atoms with van der Waals surface area (Å²) in [7, 11) is 2.73. The molecule has 32 heteroatoms. The van der Waals surface area contributed by atoms with Crippen LogP contribution in [-0.2, 0) is 9.47 Å². The number of aliphatic hydroxyl groups excluding tert-OH is 1. The van der Waals surface area contributed by atoms with E-state index < -0.39 is 19.1 Å². The zero-order valence-electron chi connectivity index (χ0n) is 83.6. The van der Waals surface area contributed by atoms with E-state index in [1.165, 1.54) is 38.9 Å². The summed E-state index contributed by atoms with van der Waals surface area (Å²) in [4.78, 5) is 121. The number of aliphatic hydroxyl groups is 1. The van der Waals surface area contributed by atoms with Crippen LogP contribution < -0.4 is 63.9 Å². The maximum Gasteiger partial charge on any atom is 1.00 e. The van der Waals surface area contributed by atoms with Gasteiger partial charge in [0.05, 0.1) is 111 Å². The van der Waals surface area contributed by atoms with Crippen LogP contribution in [-0.4, -0.2) is 225 Å². The van der Waals surface area contributed by atoms with Gasteiger partial charge in [0.25, 0.3) is 0 Å². The molecule has 150 heavy (non-hydrogen) atoms. The quantitative estimate of drug-likeness (QED) is 0.0634. The molecular weight excluding hydrogens is 1970 g/mol. The molecule has 8 aromatic heterocycles. The van der Waals surface area contributed by atoms with Gasteiger partial charge in [0.2, 0.25) is 0 Å². The van der Waals surface area contributed by atoms with Gasteiger partial charge in [-0.2, -0.15) is 0 Å². The monoisotopic (exact) mass is 2070 g/mol. The first-order chi connectivity index (χ1) is 72.5. The number of piperazine rings is 3. The normalized spacial score (nSPS) is 13.2. The molecule has 0 radical (unpaired) electrons. The average Bonchev–Trinajstić information content (AvgIpc) is 0.775. The Bertz CT molecular complexity index is 7900. The van der Waals surface area contributed by atoms with Crippen molar-refractivity contribution in [2.75, 3.05) is 154 Å². The number of para-hydroxylation sites is 4. The summed E-state index contributed by atoms with van der Waals surface area (Å²) in [6, 6.07) is 110. The molecule has 752 valence electrons. The smallest absolute Gasteiger partial charge is 0.870 e. The summed E-state index contributed by atoms with van der Waals surface area (Å²) >= 11 is 3.44. The van der Waals surface area contributed by atoms with Crippen molar-refractivity contribution in [3.63, 3.8) is 0 Å². The van der Waals surface area contributed by atoms with Gasteiger partial charge in [0, 0.05) is 143 Å². The second kappa shape index (κ2) is 51.2. The van der Waals surface area contributed by atoms with E-state index in [0.717, 1.165) is 234 Å². The molecule has 4 N–H and O–H groups in total. The molecule has 29 nitrogen and oxygen atoms in total. The molecule has 4 fully saturated rings. The van der Waals surface area contributed by atoms with Gasteiger partial charge >= 0.3 is 53.4 Å². The van der Waals surface area contributed by atoms with Crippen molar-refractivity contribution in [3.8, 4) is 45.0 Å². The van der Waals surface area contributed by atoms with Crippen LogP contribution in [0.4, 0.5) is 45.1 Å². The van der Waals surface area contributed by atoms with Crippen LogP contribution >= 0.6 is 15.9 Å². The number of hydrogen-bond acceptors (Lipinski definition) is 27. The Morgan fingerprint density at radius 3 is 0.793 bits per heavy atom. The van der Waals surface area contributed by atoms with Gasteiger partial charge in [-0.3, -0.25) is 4.39 Å². The number of halogens is 2. The van der Waals surface area contributed by atoms with E-state index in [0.29, 0.717) is 48.8 Å². The molecule has 0 unspecified atom stereocenters. The van der Waals surface area contributed by atoms with Crippen molar-refractivity contribution in [2.45, 2.75) is 26.7 Å². The molecule has 12 heterocycles. The number of fused-ring (bicyclic) bond motifs is 8. The Labute approximate surface area is 899 Å². The third-order valence-electron chi connectivity index (χ3n) is 25.8. The van der Waals surface area contributed by atoms with Crippen molar-refractivity contribution in [1.29, 1.82) is 0 Å². The van der Waals surface area contributed by atoms with Gasteiger partial charge in [-0.15, -0.1) is 0 Å². The van der Waals surface area contributed by atoms with E-state index in [4.69, 9.17) is 65.8 Å². The number of methoxy groups -OCH3 is 2. The fraction of sp³-hybridized carbons (Fsp3) is 0.186. The van der Waals surface area contributed by atoms with Crippen molar-refractivity contribution >= 4 is 168 Å². The number of benzene rings is 12. The van der Waals surface area contributed by atoms with Gasteiger partial charge in [-0.25, -0.2) is 79.0 Å². The Morgan fingerprint density at radius 2 is 0.513 bits per heavy atom. The average molecular weight is 2080 g/mol. The minimum atomic E-state index is -1.00. The van der Waals surface area contributed by atoms with Gasteiger partial charge in [0.1, 0.15) is 50.7 Å². The Balaban J connectivity index is 0.000000142. The zero-order chi connectivity index (χ0) is 102. The number of hydrogen-bond donors (Lipinski definition) is 3. The third-order valence-corrected chi connectivity index (χ3v) is 26.4. The van der Waals surface area contributed by atoms with Crippen LogP contribution in [0.25, 0.3) is 133 Å². The van der Waals surface area contributed by atoms with Gasteiger partial charge in [-0.1, -0.05) is 202 Å². The Hall–Kier alpha value is -16.6. The Morgan fingerprint density at radius 1 is 0.280 bits per heavy atom. The molecule has 0 amide bonds. The van der Waals surface area contributed by atoms with Crippen molar-refractivity contribution in [2.24, 2.45) is 0 Å². The van der Waals surface area contributed by atoms with Crippen LogP contribution in [0.15, 0.2) is 344 Å². The molecule has 4 aliphatic heterocycles. The predicted octanol–water partition coefficient (Wildman–Crippen LogP) is 19.4. The first-order valence-corrected chi connectivity index (χ1v) is 49.1. The number of carbonyl (C=O) groups excluding carboxylic acids is 2. The fourth-order valence-electron chi connectivity index (χ4n) is 18.2. The number of nitrogens with zero attached hydrogens (tertiary/aromatic N) is 19. The molecule has 0 bridgehead atoms. The van der Waals surface area contributed by atoms with Crippen molar-refractivity contribution in [3.05, 3.63) is 367 Å². The number of alkyl halides is 1. The second-order valence-electron chi connectivity index (χ2n) is 34.8. The third kappa shape index (κ3) is 25.3. The molecule has 0 aliphatic carbocycles. The Kier molecular flexibility index (Phi) is 36.3. The number of rotatable bonds is 15. The first kappa shape index (κ1) is 106. The van der Waals surface area contributed by atoms with E-state index in [9.17, 15) is 33.8 Å². The van der Waals surface area contributed by atoms with E-state index in [2.05, 4.69) is 169 Å². The summed E-state index contributed by atoms with van der Waals surface area (Å²) in [6.45, 7) is 11.8. The van der Waals surface area contributed by atoms with Crippen LogP contribution in [0.5, 0.6) is 0 Å². The van der Waals surface area contributed by atoms with Crippen LogP contribution in [0.3, 0.4) is 0 Å². The minimum absolute atomic E-state index is 0. The second-order valence-corrected chi connectivity index (χ2v) is 35.6. The number of anilines is 7. The number of carboxylic acid groups (broad SMARTS) is 2. The SMILES string of the molecule is C.CO.COC(=O)c1ccc2nc(-c3ccccc3)c(Br)nc2c1.COC(=O)c1ccc2nc(-c3ccccc3)c(N3CCN(c4ccc5ccccc5n4)CC3)nc2c1.O=C(O)c1ccc2nc(-c3ccccc3)c(N3CCN(c4ccc5ccccc5n4)CC3)nc2c1.O=C(O)c1ccc2nc(-c3ccccc3)c(N3CCN(c4ccc5ccccc5n4)CC3)nc2c1.[2H]CF.[Na+].[OH-].c1ccc2nc(N3CCCCC3)ccc2c1. The minimum Gasteiger partial charge on any atom is -0.870 e. The standard InChI is InChI=1S/C29H25N5O2.2C28H23N5O2.C16H11BrN2O2.C14H16N2.CH3F.CH4O.CH4.Na.H2O/c1-36-29(35)22-11-13-24-25(19-22)32-28(27(31-24)21-8-3-2-4-9-21)34-17-15-33(16-18-34)26-14-12-20-7-5-6-10-23(20)30-26;2*34-28(35)21-10-12-23-24(18-21)31-27(26(30-23)20-7-2-1-3-8-20)33-16-14-32(15-17-33)25-13-11-19-6-4-5-9-22(19)29-25;1-21-16(20)11-7-8-12-13(9-11)19-15(17)14(18-12)10-5-3-2-4-6-10;1-4-10-16(11-5-1)14-9-8-12-6-2-3-7-13(12)15-14;2*1-2;;;/h2-14,19H,15-18H2,1H3;2*1-13,18H,14-17H2,(H,34,35);2-9H,1H3;2-3,6-9H,1,4-5,10-11H2;1H3;2H,1H3;1H4;;1H2/q;;;;;;;;+1;/p-1/i;;;;;1D;;;;. The molecule has 12 aromatic carbocycles. The molecule has 4 saturated heterocycles. The van der Waals surface area contributed by atoms with E-state index >= 15 is 0 Å². The van der Waals surface area contributed by atoms with Crippen LogP contribution in [0.1, 0.15) is 69.5 Å². The molecule has 0 atom stereocenters. The van der Waals surface area contributed by atoms with E-state index in [-0.39, 0.29) is 65.5 Å². The number of esters is 2. The number of carbonyl (C=O) groups is 4.